The first-order valence-corrected chi connectivity index (χ1v) is 7.88. The zero-order valence-corrected chi connectivity index (χ0v) is 17.2. The summed E-state index contributed by atoms with van der Waals surface area (Å²) in [5.41, 5.74) is 1.45. The van der Waals surface area contributed by atoms with Gasteiger partial charge in [-0.15, -0.1) is 0 Å². The number of likely N-dealkylation sites (N-methyl/N-ethyl adjacent to an activating group) is 1. The molecule has 2 aromatic carbocycles. The molecule has 0 aromatic heterocycles. The predicted octanol–water partition coefficient (Wildman–Crippen LogP) is -0.230. The molecule has 0 saturated carbocycles. The quantitative estimate of drug-likeness (QED) is 0.342. The van der Waals surface area contributed by atoms with Gasteiger partial charge in [-0.25, -0.2) is 4.79 Å². The van der Waals surface area contributed by atoms with E-state index in [9.17, 15) is 9.59 Å². The largest absolute Gasteiger partial charge is 1.00 e. The summed E-state index contributed by atoms with van der Waals surface area (Å²) in [6.07, 6.45) is 0. The van der Waals surface area contributed by atoms with Crippen LogP contribution in [0.25, 0.3) is 10.8 Å². The summed E-state index contributed by atoms with van der Waals surface area (Å²) in [4.78, 5) is 23.0. The summed E-state index contributed by atoms with van der Waals surface area (Å²) in [6.45, 7) is 2.79. The van der Waals surface area contributed by atoms with Gasteiger partial charge in [-0.3, -0.25) is 4.79 Å². The minimum absolute atomic E-state index is 0. The summed E-state index contributed by atoms with van der Waals surface area (Å²) < 4.78 is 11.1. The Hall–Kier alpha value is -1.67. The number of carbonyl (C=O) groups excluding carboxylic acids is 2. The molecule has 0 aliphatic rings. The van der Waals surface area contributed by atoms with E-state index in [1.807, 2.05) is 30.3 Å². The highest BCUT2D eigenvalue weighted by atomic mass is 127. The van der Waals surface area contributed by atoms with Gasteiger partial charge in [0.05, 0.1) is 26.7 Å². The van der Waals surface area contributed by atoms with Crippen molar-refractivity contribution < 1.29 is 47.5 Å². The molecule has 0 N–H and O–H groups in total. The molecule has 25 heavy (non-hydrogen) atoms. The van der Waals surface area contributed by atoms with Crippen LogP contribution in [0, 0.1) is 0 Å². The fraction of sp³-hybridized carbons (Fsp3) is 0.368. The SMILES string of the molecule is CC(=O)OCc1ccc2cc(C(=O)OCC[N+](C)(C)C)ccc2c1.[I-]. The molecule has 136 valence electrons. The molecule has 5 nitrogen and oxygen atoms in total. The van der Waals surface area contributed by atoms with Crippen LogP contribution in [0.4, 0.5) is 0 Å². The Kier molecular flexibility index (Phi) is 7.82. The summed E-state index contributed by atoms with van der Waals surface area (Å²) in [5, 5.41) is 1.94. The van der Waals surface area contributed by atoms with Gasteiger partial charge in [-0.05, 0) is 34.5 Å². The molecule has 0 aliphatic carbocycles. The van der Waals surface area contributed by atoms with Gasteiger partial charge in [0.2, 0.25) is 0 Å². The van der Waals surface area contributed by atoms with Gasteiger partial charge in [0.25, 0.3) is 0 Å². The monoisotopic (exact) mass is 457 g/mol. The summed E-state index contributed by atoms with van der Waals surface area (Å²) in [7, 11) is 6.16. The fourth-order valence-corrected chi connectivity index (χ4v) is 2.19. The van der Waals surface area contributed by atoms with Crippen LogP contribution in [0.15, 0.2) is 36.4 Å². The molecular formula is C19H24INO4. The van der Waals surface area contributed by atoms with Crippen LogP contribution in [-0.2, 0) is 20.9 Å². The average molecular weight is 457 g/mol. The minimum Gasteiger partial charge on any atom is -1.00 e. The molecule has 2 rings (SSSR count). The van der Waals surface area contributed by atoms with Crippen molar-refractivity contribution in [3.05, 3.63) is 47.5 Å². The summed E-state index contributed by atoms with van der Waals surface area (Å²) in [6, 6.07) is 11.2. The third-order valence-electron chi connectivity index (χ3n) is 3.58. The van der Waals surface area contributed by atoms with Gasteiger partial charge in [-0.1, -0.05) is 18.2 Å². The molecule has 0 radical (unpaired) electrons. The standard InChI is InChI=1S/C19H24NO4.HI/c1-14(21)24-13-15-5-6-17-12-18(8-7-16(17)11-15)19(22)23-10-9-20(2,3)4;/h5-8,11-12H,9-10,13H2,1-4H3;1H/q+1;/p-1. The second-order valence-corrected chi connectivity index (χ2v) is 6.83. The second kappa shape index (κ2) is 9.15. The van der Waals surface area contributed by atoms with E-state index in [0.29, 0.717) is 12.2 Å². The van der Waals surface area contributed by atoms with Crippen LogP contribution >= 0.6 is 0 Å². The number of rotatable bonds is 6. The number of esters is 2. The third-order valence-corrected chi connectivity index (χ3v) is 3.58. The minimum atomic E-state index is -0.311. The van der Waals surface area contributed by atoms with E-state index in [1.54, 1.807) is 6.07 Å². The highest BCUT2D eigenvalue weighted by molar-refractivity contribution is 5.95. The lowest BCUT2D eigenvalue weighted by molar-refractivity contribution is -0.870. The molecule has 0 unspecified atom stereocenters. The van der Waals surface area contributed by atoms with Crippen LogP contribution in [0.2, 0.25) is 0 Å². The molecule has 2 aromatic rings. The second-order valence-electron chi connectivity index (χ2n) is 6.83. The van der Waals surface area contributed by atoms with Crippen molar-refractivity contribution in [3.8, 4) is 0 Å². The molecule has 0 fully saturated rings. The lowest BCUT2D eigenvalue weighted by Gasteiger charge is -2.23. The van der Waals surface area contributed by atoms with Crippen molar-refractivity contribution in [1.29, 1.82) is 0 Å². The van der Waals surface area contributed by atoms with Gasteiger partial charge in [0.1, 0.15) is 19.8 Å². The number of hydrogen-bond donors (Lipinski definition) is 0. The van der Waals surface area contributed by atoms with Gasteiger partial charge in [-0.2, -0.15) is 0 Å². The van der Waals surface area contributed by atoms with Crippen molar-refractivity contribution >= 4 is 22.7 Å². The zero-order valence-electron chi connectivity index (χ0n) is 15.0. The van der Waals surface area contributed by atoms with E-state index in [0.717, 1.165) is 27.4 Å². The van der Waals surface area contributed by atoms with Gasteiger partial charge < -0.3 is 37.9 Å². The number of benzene rings is 2. The Morgan fingerprint density at radius 2 is 1.60 bits per heavy atom. The number of nitrogens with zero attached hydrogens (tertiary/aromatic N) is 1. The molecule has 0 atom stereocenters. The maximum atomic E-state index is 12.1. The Labute approximate surface area is 165 Å². The normalized spacial score (nSPS) is 10.9. The Morgan fingerprint density at radius 3 is 2.24 bits per heavy atom. The van der Waals surface area contributed by atoms with Gasteiger partial charge in [0, 0.05) is 6.92 Å². The number of carbonyl (C=O) groups is 2. The van der Waals surface area contributed by atoms with E-state index >= 15 is 0 Å². The highest BCUT2D eigenvalue weighted by Gasteiger charge is 2.12. The number of ether oxygens (including phenoxy) is 2. The summed E-state index contributed by atoms with van der Waals surface area (Å²) in [5.74, 6) is -0.614. The molecule has 0 bridgehead atoms. The highest BCUT2D eigenvalue weighted by Crippen LogP contribution is 2.19. The topological polar surface area (TPSA) is 52.6 Å². The number of hydrogen-bond acceptors (Lipinski definition) is 4. The first kappa shape index (κ1) is 21.4. The van der Waals surface area contributed by atoms with Gasteiger partial charge >= 0.3 is 11.9 Å². The summed E-state index contributed by atoms with van der Waals surface area (Å²) >= 11 is 0. The van der Waals surface area contributed by atoms with Crippen molar-refractivity contribution in [1.82, 2.24) is 0 Å². The van der Waals surface area contributed by atoms with Crippen molar-refractivity contribution in [2.45, 2.75) is 13.5 Å². The van der Waals surface area contributed by atoms with Crippen LogP contribution < -0.4 is 24.0 Å². The molecule has 6 heteroatoms. The fourth-order valence-electron chi connectivity index (χ4n) is 2.19. The average Bonchev–Trinajstić information content (AvgIpc) is 2.50. The molecular weight excluding hydrogens is 433 g/mol. The smallest absolute Gasteiger partial charge is 0.338 e. The van der Waals surface area contributed by atoms with Crippen molar-refractivity contribution in [2.24, 2.45) is 0 Å². The van der Waals surface area contributed by atoms with Crippen LogP contribution in [0.1, 0.15) is 22.8 Å². The van der Waals surface area contributed by atoms with E-state index in [-0.39, 0.29) is 42.5 Å². The van der Waals surface area contributed by atoms with E-state index < -0.39 is 0 Å². The van der Waals surface area contributed by atoms with Crippen molar-refractivity contribution in [2.75, 3.05) is 34.3 Å². The lowest BCUT2D eigenvalue weighted by Crippen LogP contribution is -3.00. The van der Waals surface area contributed by atoms with Crippen molar-refractivity contribution in [3.63, 3.8) is 0 Å². The molecule has 0 amide bonds. The van der Waals surface area contributed by atoms with E-state index in [2.05, 4.69) is 21.1 Å². The molecule has 0 spiro atoms. The Morgan fingerprint density at radius 1 is 0.960 bits per heavy atom. The zero-order chi connectivity index (χ0) is 17.7. The Balaban J connectivity index is 0.00000312. The van der Waals surface area contributed by atoms with Crippen LogP contribution in [0.5, 0.6) is 0 Å². The molecule has 0 heterocycles. The van der Waals surface area contributed by atoms with Gasteiger partial charge in [0.15, 0.2) is 0 Å². The molecule has 0 saturated heterocycles. The number of quaternary nitrogens is 1. The maximum Gasteiger partial charge on any atom is 0.338 e. The third kappa shape index (κ3) is 6.99. The molecule has 0 aliphatic heterocycles. The van der Waals surface area contributed by atoms with E-state index in [4.69, 9.17) is 9.47 Å². The first-order valence-electron chi connectivity index (χ1n) is 7.88. The Bertz CT molecular complexity index is 753. The van der Waals surface area contributed by atoms with Crippen LogP contribution in [-0.4, -0.2) is 50.7 Å². The lowest BCUT2D eigenvalue weighted by atomic mass is 10.0. The number of fused-ring (bicyclic) bond motifs is 1. The predicted molar refractivity (Wildman–Crippen MR) is 92.6 cm³/mol. The first-order chi connectivity index (χ1) is 11.2. The van der Waals surface area contributed by atoms with Crippen LogP contribution in [0.3, 0.4) is 0 Å². The van der Waals surface area contributed by atoms with E-state index in [1.165, 1.54) is 6.92 Å². The number of halogens is 1. The maximum absolute atomic E-state index is 12.1.